The average molecular weight is 524 g/mol. The van der Waals surface area contributed by atoms with Gasteiger partial charge in [-0.3, -0.25) is 4.79 Å². The third-order valence-corrected chi connectivity index (χ3v) is 9.04. The fraction of sp³-hybridized carbons (Fsp3) is 0.600. The summed E-state index contributed by atoms with van der Waals surface area (Å²) in [5.74, 6) is 2.31. The van der Waals surface area contributed by atoms with Crippen molar-refractivity contribution in [1.82, 2.24) is 15.1 Å². The van der Waals surface area contributed by atoms with E-state index in [0.717, 1.165) is 37.7 Å². The summed E-state index contributed by atoms with van der Waals surface area (Å²) in [5.41, 5.74) is 0.682. The van der Waals surface area contributed by atoms with Gasteiger partial charge in [0.2, 0.25) is 5.91 Å². The largest absolute Gasteiger partial charge is 0.467 e. The summed E-state index contributed by atoms with van der Waals surface area (Å²) in [6.45, 7) is 1.62. The minimum atomic E-state index is -0.318. The van der Waals surface area contributed by atoms with Gasteiger partial charge in [0.15, 0.2) is 0 Å². The molecule has 1 unspecified atom stereocenters. The lowest BCUT2D eigenvalue weighted by Crippen LogP contribution is -2.62. The van der Waals surface area contributed by atoms with E-state index in [1.807, 2.05) is 6.07 Å². The minimum absolute atomic E-state index is 0.0417. The van der Waals surface area contributed by atoms with Crippen molar-refractivity contribution in [3.8, 4) is 0 Å². The zero-order valence-electron chi connectivity index (χ0n) is 21.9. The lowest BCUT2D eigenvalue weighted by Gasteiger charge is -2.57. The lowest BCUT2D eigenvalue weighted by molar-refractivity contribution is -0.133. The van der Waals surface area contributed by atoms with Gasteiger partial charge in [-0.05, 0) is 98.9 Å². The molecular weight excluding hydrogens is 485 g/mol. The Balaban J connectivity index is 1.18. The number of carbonyl (C=O) groups is 2. The maximum absolute atomic E-state index is 13.8. The molecule has 1 N–H and O–H groups in total. The molecule has 1 saturated heterocycles. The summed E-state index contributed by atoms with van der Waals surface area (Å²) in [6, 6.07) is 9.62. The molecule has 7 rings (SSSR count). The van der Waals surface area contributed by atoms with E-state index in [-0.39, 0.29) is 42.5 Å². The highest BCUT2D eigenvalue weighted by molar-refractivity contribution is 5.84. The molecule has 1 atom stereocenters. The molecule has 1 aliphatic heterocycles. The van der Waals surface area contributed by atoms with Crippen LogP contribution in [0.2, 0.25) is 0 Å². The quantitative estimate of drug-likeness (QED) is 0.496. The number of rotatable bonds is 9. The van der Waals surface area contributed by atoms with Crippen LogP contribution >= 0.6 is 0 Å². The van der Waals surface area contributed by atoms with E-state index in [1.54, 1.807) is 34.3 Å². The van der Waals surface area contributed by atoms with Crippen LogP contribution in [0.1, 0.15) is 62.7 Å². The van der Waals surface area contributed by atoms with Crippen molar-refractivity contribution in [2.75, 3.05) is 19.7 Å². The predicted molar refractivity (Wildman–Crippen MR) is 139 cm³/mol. The standard InChI is InChI=1S/C30H38FN3O4/c31-25-7-5-21(6-8-25)17-33(18-26-3-1-9-37-26)28(35)20-34(19-27-4-2-10-38-27)29(36)32-30-14-22-11-23(15-30)13-24(12-22)16-30/h1,3,5-9,22-24,27H,2,4,10-20H2,(H,32,36). The number of furan rings is 1. The SMILES string of the molecule is O=C(CN(CC1CCCO1)C(=O)NC12CC3CC(CC(C3)C1)C2)N(Cc1ccc(F)cc1)Cc1ccco1. The van der Waals surface area contributed by atoms with Crippen LogP contribution in [-0.2, 0) is 22.6 Å². The van der Waals surface area contributed by atoms with Gasteiger partial charge in [0.05, 0.1) is 18.9 Å². The van der Waals surface area contributed by atoms with E-state index in [0.29, 0.717) is 43.2 Å². The molecule has 204 valence electrons. The second-order valence-electron chi connectivity index (χ2n) is 12.1. The minimum Gasteiger partial charge on any atom is -0.467 e. The molecule has 4 bridgehead atoms. The van der Waals surface area contributed by atoms with Crippen molar-refractivity contribution in [2.45, 2.75) is 76.1 Å². The number of hydrogen-bond acceptors (Lipinski definition) is 4. The van der Waals surface area contributed by atoms with Crippen molar-refractivity contribution in [1.29, 1.82) is 0 Å². The summed E-state index contributed by atoms with van der Waals surface area (Å²) in [5, 5.41) is 3.44. The van der Waals surface area contributed by atoms with Crippen LogP contribution in [0.4, 0.5) is 9.18 Å². The summed E-state index contributed by atoms with van der Waals surface area (Å²) < 4.78 is 24.9. The zero-order valence-corrected chi connectivity index (χ0v) is 21.9. The van der Waals surface area contributed by atoms with Gasteiger partial charge in [0.1, 0.15) is 18.1 Å². The van der Waals surface area contributed by atoms with Crippen molar-refractivity contribution in [3.05, 3.63) is 59.8 Å². The van der Waals surface area contributed by atoms with Gasteiger partial charge < -0.3 is 24.3 Å². The van der Waals surface area contributed by atoms with Crippen LogP contribution in [0.25, 0.3) is 0 Å². The summed E-state index contributed by atoms with van der Waals surface area (Å²) in [4.78, 5) is 30.9. The van der Waals surface area contributed by atoms with Gasteiger partial charge in [-0.25, -0.2) is 9.18 Å². The van der Waals surface area contributed by atoms with Gasteiger partial charge in [0.25, 0.3) is 0 Å². The molecule has 0 radical (unpaired) electrons. The van der Waals surface area contributed by atoms with Crippen molar-refractivity contribution >= 4 is 11.9 Å². The summed E-state index contributed by atoms with van der Waals surface area (Å²) >= 11 is 0. The molecule has 5 aliphatic rings. The highest BCUT2D eigenvalue weighted by Gasteiger charge is 2.52. The Kier molecular flexibility index (Phi) is 7.16. The second kappa shape index (κ2) is 10.7. The third-order valence-electron chi connectivity index (χ3n) is 9.04. The van der Waals surface area contributed by atoms with Crippen molar-refractivity contribution in [3.63, 3.8) is 0 Å². The molecule has 3 amide bonds. The summed E-state index contributed by atoms with van der Waals surface area (Å²) in [6.07, 6.45) is 10.5. The molecule has 1 aromatic carbocycles. The van der Waals surface area contributed by atoms with Gasteiger partial charge in [-0.2, -0.15) is 0 Å². The van der Waals surface area contributed by atoms with Gasteiger partial charge in [-0.1, -0.05) is 12.1 Å². The number of benzene rings is 1. The molecule has 4 saturated carbocycles. The fourth-order valence-corrected chi connectivity index (χ4v) is 7.72. The Morgan fingerprint density at radius 3 is 2.29 bits per heavy atom. The highest BCUT2D eigenvalue weighted by atomic mass is 19.1. The van der Waals surface area contributed by atoms with Crippen LogP contribution in [0, 0.1) is 23.6 Å². The number of carbonyl (C=O) groups excluding carboxylic acids is 2. The Morgan fingerprint density at radius 2 is 1.68 bits per heavy atom. The van der Waals surface area contributed by atoms with Gasteiger partial charge >= 0.3 is 6.03 Å². The van der Waals surface area contributed by atoms with E-state index in [2.05, 4.69) is 5.32 Å². The first-order chi connectivity index (χ1) is 18.4. The van der Waals surface area contributed by atoms with E-state index in [4.69, 9.17) is 9.15 Å². The maximum Gasteiger partial charge on any atom is 0.318 e. The maximum atomic E-state index is 13.8. The molecule has 38 heavy (non-hydrogen) atoms. The first-order valence-electron chi connectivity index (χ1n) is 14.2. The van der Waals surface area contributed by atoms with E-state index < -0.39 is 0 Å². The van der Waals surface area contributed by atoms with E-state index >= 15 is 0 Å². The summed E-state index contributed by atoms with van der Waals surface area (Å²) in [7, 11) is 0. The van der Waals surface area contributed by atoms with Crippen LogP contribution in [0.3, 0.4) is 0 Å². The smallest absolute Gasteiger partial charge is 0.318 e. The normalized spacial score (nSPS) is 29.4. The number of ether oxygens (including phenoxy) is 1. The van der Waals surface area contributed by atoms with E-state index in [9.17, 15) is 14.0 Å². The topological polar surface area (TPSA) is 75.0 Å². The molecule has 5 fully saturated rings. The molecular formula is C30H38FN3O4. The highest BCUT2D eigenvalue weighted by Crippen LogP contribution is 2.55. The average Bonchev–Trinajstić information content (AvgIpc) is 3.58. The zero-order chi connectivity index (χ0) is 26.1. The van der Waals surface area contributed by atoms with Gasteiger partial charge in [-0.15, -0.1) is 0 Å². The first-order valence-corrected chi connectivity index (χ1v) is 14.2. The van der Waals surface area contributed by atoms with Gasteiger partial charge in [0, 0.05) is 25.2 Å². The molecule has 2 aromatic rings. The van der Waals surface area contributed by atoms with Crippen LogP contribution in [0.5, 0.6) is 0 Å². The number of hydrogen-bond donors (Lipinski definition) is 1. The van der Waals surface area contributed by atoms with E-state index in [1.165, 1.54) is 31.4 Å². The molecule has 8 heteroatoms. The fourth-order valence-electron chi connectivity index (χ4n) is 7.72. The van der Waals surface area contributed by atoms with Crippen molar-refractivity contribution in [2.24, 2.45) is 17.8 Å². The number of amides is 3. The Morgan fingerprint density at radius 1 is 0.974 bits per heavy atom. The predicted octanol–water partition coefficient (Wildman–Crippen LogP) is 5.11. The number of urea groups is 1. The van der Waals surface area contributed by atoms with Crippen LogP contribution < -0.4 is 5.32 Å². The molecule has 1 aromatic heterocycles. The third kappa shape index (κ3) is 5.75. The molecule has 2 heterocycles. The Labute approximate surface area is 223 Å². The number of nitrogens with one attached hydrogen (secondary N) is 1. The Bertz CT molecular complexity index is 1080. The lowest BCUT2D eigenvalue weighted by atomic mass is 9.53. The monoisotopic (exact) mass is 523 g/mol. The van der Waals surface area contributed by atoms with Crippen molar-refractivity contribution < 1.29 is 23.1 Å². The van der Waals surface area contributed by atoms with Crippen LogP contribution in [-0.4, -0.2) is 53.1 Å². The molecule has 7 nitrogen and oxygen atoms in total. The second-order valence-corrected chi connectivity index (χ2v) is 12.1. The number of nitrogens with zero attached hydrogens (tertiary/aromatic N) is 2. The number of halogens is 1. The molecule has 0 spiro atoms. The Hall–Kier alpha value is -2.87. The first kappa shape index (κ1) is 25.4. The van der Waals surface area contributed by atoms with Crippen LogP contribution in [0.15, 0.2) is 47.1 Å². The molecule has 4 aliphatic carbocycles.